The number of carbonyl (C=O) groups is 2. The highest BCUT2D eigenvalue weighted by Crippen LogP contribution is 2.25. The molecule has 1 aromatic heterocycles. The van der Waals surface area contributed by atoms with Crippen LogP contribution in [-0.2, 0) is 26.7 Å². The van der Waals surface area contributed by atoms with Crippen LogP contribution in [0, 0.1) is 0 Å². The predicted molar refractivity (Wildman–Crippen MR) is 99.2 cm³/mol. The molecule has 1 aromatic carbocycles. The summed E-state index contributed by atoms with van der Waals surface area (Å²) in [7, 11) is -2.04. The summed E-state index contributed by atoms with van der Waals surface area (Å²) in [6.07, 6.45) is 4.08. The standard InChI is InChI=1S/C16H20N4O4S2/c1-4-14(25-16-17-9-10-20(16)3)15(22)18-12-5-7-13(8-6-12)26(23,24)19-11(2)21/h5-10,14H,4H2,1-3H3,(H,18,22)(H,19,21). The number of imidazole rings is 1. The monoisotopic (exact) mass is 396 g/mol. The molecule has 26 heavy (non-hydrogen) atoms. The zero-order valence-corrected chi connectivity index (χ0v) is 16.2. The smallest absolute Gasteiger partial charge is 0.264 e. The molecule has 140 valence electrons. The first-order chi connectivity index (χ1) is 12.2. The van der Waals surface area contributed by atoms with Gasteiger partial charge in [0.2, 0.25) is 11.8 Å². The minimum atomic E-state index is -3.89. The molecule has 2 amide bonds. The van der Waals surface area contributed by atoms with Gasteiger partial charge in [0, 0.05) is 32.1 Å². The van der Waals surface area contributed by atoms with Gasteiger partial charge in [-0.25, -0.2) is 18.1 Å². The third-order valence-corrected chi connectivity index (χ3v) is 6.28. The van der Waals surface area contributed by atoms with Crippen molar-refractivity contribution in [2.75, 3.05) is 5.32 Å². The Labute approximate surface area is 156 Å². The van der Waals surface area contributed by atoms with Gasteiger partial charge in [0.1, 0.15) is 0 Å². The first-order valence-corrected chi connectivity index (χ1v) is 10.2. The second-order valence-electron chi connectivity index (χ2n) is 5.51. The lowest BCUT2D eigenvalue weighted by Gasteiger charge is -2.14. The van der Waals surface area contributed by atoms with Crippen LogP contribution in [0.15, 0.2) is 46.7 Å². The molecule has 0 bridgehead atoms. The van der Waals surface area contributed by atoms with Gasteiger partial charge < -0.3 is 9.88 Å². The maximum atomic E-state index is 12.5. The summed E-state index contributed by atoms with van der Waals surface area (Å²) < 4.78 is 27.5. The van der Waals surface area contributed by atoms with Crippen molar-refractivity contribution in [1.29, 1.82) is 0 Å². The highest BCUT2D eigenvalue weighted by Gasteiger charge is 2.20. The normalized spacial score (nSPS) is 12.4. The van der Waals surface area contributed by atoms with Crippen LogP contribution in [0.5, 0.6) is 0 Å². The van der Waals surface area contributed by atoms with Crippen LogP contribution in [0.2, 0.25) is 0 Å². The van der Waals surface area contributed by atoms with Crippen molar-refractivity contribution in [3.8, 4) is 0 Å². The van der Waals surface area contributed by atoms with Crippen molar-refractivity contribution >= 4 is 39.3 Å². The maximum absolute atomic E-state index is 12.5. The topological polar surface area (TPSA) is 110 Å². The number of nitrogens with zero attached hydrogens (tertiary/aromatic N) is 2. The van der Waals surface area contributed by atoms with Crippen LogP contribution in [0.25, 0.3) is 0 Å². The lowest BCUT2D eigenvalue weighted by Crippen LogP contribution is -2.28. The van der Waals surface area contributed by atoms with Crippen molar-refractivity contribution in [3.05, 3.63) is 36.7 Å². The van der Waals surface area contributed by atoms with Gasteiger partial charge in [-0.15, -0.1) is 0 Å². The molecule has 0 saturated heterocycles. The number of carbonyl (C=O) groups excluding carboxylic acids is 2. The highest BCUT2D eigenvalue weighted by molar-refractivity contribution is 8.00. The lowest BCUT2D eigenvalue weighted by molar-refractivity contribution is -0.117. The number of anilines is 1. The molecule has 0 aliphatic rings. The highest BCUT2D eigenvalue weighted by atomic mass is 32.2. The van der Waals surface area contributed by atoms with Crippen molar-refractivity contribution in [3.63, 3.8) is 0 Å². The molecular formula is C16H20N4O4S2. The second kappa shape index (κ2) is 8.37. The van der Waals surface area contributed by atoms with Crippen LogP contribution < -0.4 is 10.0 Å². The van der Waals surface area contributed by atoms with Crippen molar-refractivity contribution in [1.82, 2.24) is 14.3 Å². The number of thioether (sulfide) groups is 1. The zero-order valence-electron chi connectivity index (χ0n) is 14.6. The Morgan fingerprint density at radius 3 is 2.42 bits per heavy atom. The van der Waals surface area contributed by atoms with E-state index < -0.39 is 15.9 Å². The number of rotatable bonds is 7. The summed E-state index contributed by atoms with van der Waals surface area (Å²) in [6.45, 7) is 3.03. The van der Waals surface area contributed by atoms with E-state index in [1.165, 1.54) is 36.0 Å². The summed E-state index contributed by atoms with van der Waals surface area (Å²) in [5.74, 6) is -0.863. The Hall–Kier alpha value is -2.33. The number of sulfonamides is 1. The van der Waals surface area contributed by atoms with Gasteiger partial charge in [-0.05, 0) is 30.7 Å². The molecule has 10 heteroatoms. The minimum absolute atomic E-state index is 0.0554. The Morgan fingerprint density at radius 1 is 1.27 bits per heavy atom. The third kappa shape index (κ3) is 5.09. The van der Waals surface area contributed by atoms with Crippen LogP contribution in [-0.4, -0.2) is 35.0 Å². The molecule has 0 fully saturated rings. The van der Waals surface area contributed by atoms with Gasteiger partial charge in [-0.1, -0.05) is 18.7 Å². The average molecular weight is 396 g/mol. The van der Waals surface area contributed by atoms with Crippen LogP contribution in [0.3, 0.4) is 0 Å². The predicted octanol–water partition coefficient (Wildman–Crippen LogP) is 1.75. The van der Waals surface area contributed by atoms with Crippen molar-refractivity contribution in [2.45, 2.75) is 35.6 Å². The Balaban J connectivity index is 2.06. The molecule has 2 N–H and O–H groups in total. The van der Waals surface area contributed by atoms with E-state index in [-0.39, 0.29) is 16.1 Å². The first kappa shape index (κ1) is 20.0. The fourth-order valence-corrected chi connectivity index (χ4v) is 4.03. The molecule has 0 aliphatic heterocycles. The first-order valence-electron chi connectivity index (χ1n) is 7.81. The van der Waals surface area contributed by atoms with E-state index in [1.54, 1.807) is 12.4 Å². The molecule has 0 radical (unpaired) electrons. The summed E-state index contributed by atoms with van der Waals surface area (Å²) >= 11 is 1.36. The van der Waals surface area contributed by atoms with Gasteiger partial charge in [0.15, 0.2) is 5.16 Å². The van der Waals surface area contributed by atoms with Crippen molar-refractivity contribution in [2.24, 2.45) is 7.05 Å². The molecule has 0 aliphatic carbocycles. The third-order valence-electron chi connectivity index (χ3n) is 3.40. The van der Waals surface area contributed by atoms with Gasteiger partial charge in [0.05, 0.1) is 10.1 Å². The van der Waals surface area contributed by atoms with E-state index in [2.05, 4.69) is 10.3 Å². The maximum Gasteiger partial charge on any atom is 0.264 e. The number of nitrogens with one attached hydrogen (secondary N) is 2. The summed E-state index contributed by atoms with van der Waals surface area (Å²) in [6, 6.07) is 5.61. The average Bonchev–Trinajstić information content (AvgIpc) is 2.96. The molecule has 1 heterocycles. The molecule has 8 nitrogen and oxygen atoms in total. The SMILES string of the molecule is CCC(Sc1nccn1C)C(=O)Nc1ccc(S(=O)(=O)NC(C)=O)cc1. The minimum Gasteiger partial charge on any atom is -0.329 e. The van der Waals surface area contributed by atoms with E-state index >= 15 is 0 Å². The number of hydrogen-bond donors (Lipinski definition) is 2. The van der Waals surface area contributed by atoms with Gasteiger partial charge in [0.25, 0.3) is 10.0 Å². The molecular weight excluding hydrogens is 376 g/mol. The lowest BCUT2D eigenvalue weighted by atomic mass is 10.3. The van der Waals surface area contributed by atoms with E-state index in [0.29, 0.717) is 12.1 Å². The van der Waals surface area contributed by atoms with Crippen LogP contribution in [0.4, 0.5) is 5.69 Å². The summed E-state index contributed by atoms with van der Waals surface area (Å²) in [5.41, 5.74) is 0.468. The summed E-state index contributed by atoms with van der Waals surface area (Å²) in [4.78, 5) is 27.6. The Kier molecular flexibility index (Phi) is 6.43. The fraction of sp³-hybridized carbons (Fsp3) is 0.312. The molecule has 2 aromatic rings. The van der Waals surface area contributed by atoms with E-state index in [4.69, 9.17) is 0 Å². The summed E-state index contributed by atoms with van der Waals surface area (Å²) in [5, 5.41) is 3.17. The molecule has 1 atom stereocenters. The van der Waals surface area contributed by atoms with Gasteiger partial charge >= 0.3 is 0 Å². The largest absolute Gasteiger partial charge is 0.329 e. The van der Waals surface area contributed by atoms with E-state index in [1.807, 2.05) is 23.3 Å². The molecule has 2 rings (SSSR count). The fourth-order valence-electron chi connectivity index (χ4n) is 2.10. The van der Waals surface area contributed by atoms with E-state index in [0.717, 1.165) is 12.1 Å². The molecule has 0 saturated carbocycles. The number of amides is 2. The van der Waals surface area contributed by atoms with Crippen LogP contribution >= 0.6 is 11.8 Å². The molecule has 1 unspecified atom stereocenters. The number of aromatic nitrogens is 2. The van der Waals surface area contributed by atoms with Gasteiger partial charge in [-0.2, -0.15) is 0 Å². The van der Waals surface area contributed by atoms with Crippen LogP contribution in [0.1, 0.15) is 20.3 Å². The molecule has 0 spiro atoms. The van der Waals surface area contributed by atoms with Gasteiger partial charge in [-0.3, -0.25) is 9.59 Å². The Morgan fingerprint density at radius 2 is 1.92 bits per heavy atom. The quantitative estimate of drug-likeness (QED) is 0.690. The Bertz CT molecular complexity index is 891. The zero-order chi connectivity index (χ0) is 19.3. The second-order valence-corrected chi connectivity index (χ2v) is 8.36. The van der Waals surface area contributed by atoms with E-state index in [9.17, 15) is 18.0 Å². The number of aryl methyl sites for hydroxylation is 1. The number of hydrogen-bond acceptors (Lipinski definition) is 6. The number of benzene rings is 1. The van der Waals surface area contributed by atoms with Crippen molar-refractivity contribution < 1.29 is 18.0 Å².